The lowest BCUT2D eigenvalue weighted by Gasteiger charge is -2.20. The Hall–Kier alpha value is -1.66. The monoisotopic (exact) mass is 1080 g/mol. The minimum atomic E-state index is -0.839. The fourth-order valence-electron chi connectivity index (χ4n) is 11.1. The molecule has 0 aliphatic carbocycles. The topological polar surface area (TPSA) is 95.9 Å². The third kappa shape index (κ3) is 63.4. The highest BCUT2D eigenvalue weighted by Gasteiger charge is 2.18. The van der Waals surface area contributed by atoms with E-state index in [4.69, 9.17) is 4.74 Å². The number of unbranched alkanes of at least 4 members (excludes halogenated alkanes) is 53. The summed E-state index contributed by atoms with van der Waals surface area (Å²) in [4.78, 5) is 24.5. The largest absolute Gasteiger partial charge is 0.466 e. The van der Waals surface area contributed by atoms with Gasteiger partial charge >= 0.3 is 5.97 Å². The van der Waals surface area contributed by atoms with E-state index in [0.717, 1.165) is 38.5 Å². The van der Waals surface area contributed by atoms with Gasteiger partial charge in [0.25, 0.3) is 0 Å². The molecule has 0 bridgehead atoms. The van der Waals surface area contributed by atoms with Crippen LogP contribution in [-0.4, -0.2) is 47.4 Å². The van der Waals surface area contributed by atoms with Crippen LogP contribution in [0.4, 0.5) is 0 Å². The smallest absolute Gasteiger partial charge is 0.305 e. The molecule has 0 fully saturated rings. The van der Waals surface area contributed by atoms with Gasteiger partial charge in [-0.2, -0.15) is 0 Å². The van der Waals surface area contributed by atoms with Gasteiger partial charge in [-0.05, 0) is 57.8 Å². The van der Waals surface area contributed by atoms with Crippen LogP contribution >= 0.6 is 0 Å². The van der Waals surface area contributed by atoms with Gasteiger partial charge in [-0.15, -0.1) is 0 Å². The number of esters is 1. The highest BCUT2D eigenvalue weighted by atomic mass is 16.5. The van der Waals surface area contributed by atoms with Crippen molar-refractivity contribution < 1.29 is 24.5 Å². The number of allylic oxidation sites excluding steroid dienone is 3. The Morgan fingerprint density at radius 3 is 0.922 bits per heavy atom. The van der Waals surface area contributed by atoms with Gasteiger partial charge in [-0.3, -0.25) is 9.59 Å². The van der Waals surface area contributed by atoms with Crippen LogP contribution in [0.5, 0.6) is 0 Å². The SMILES string of the molecule is CCCCCCCCC/C=C/C(O)C(CO)NC(=O)CCCCCCCCCCCCCCCCCCC/C=C\CCCCCCCCCCCCCCCCOC(=O)CCCCCCCCCCCCCCCCCC. The van der Waals surface area contributed by atoms with E-state index in [1.165, 1.54) is 327 Å². The van der Waals surface area contributed by atoms with Gasteiger partial charge in [0.2, 0.25) is 5.91 Å². The average Bonchev–Trinajstić information content (AvgIpc) is 3.43. The molecule has 456 valence electrons. The maximum absolute atomic E-state index is 12.4. The molecule has 0 saturated heterocycles. The molecule has 6 nitrogen and oxygen atoms in total. The van der Waals surface area contributed by atoms with E-state index in [9.17, 15) is 19.8 Å². The van der Waals surface area contributed by atoms with E-state index >= 15 is 0 Å². The Morgan fingerprint density at radius 1 is 0.351 bits per heavy atom. The number of nitrogens with one attached hydrogen (secondary N) is 1. The van der Waals surface area contributed by atoms with Crippen LogP contribution in [0.1, 0.15) is 393 Å². The van der Waals surface area contributed by atoms with Crippen molar-refractivity contribution in [2.45, 2.75) is 405 Å². The molecule has 0 aliphatic rings. The number of rotatable bonds is 66. The zero-order chi connectivity index (χ0) is 55.7. The first-order chi connectivity index (χ1) is 38.0. The molecule has 77 heavy (non-hydrogen) atoms. The Bertz CT molecular complexity index is 1200. The summed E-state index contributed by atoms with van der Waals surface area (Å²) in [5, 5.41) is 23.0. The number of amides is 1. The first kappa shape index (κ1) is 75.3. The molecule has 2 atom stereocenters. The van der Waals surface area contributed by atoms with E-state index in [2.05, 4.69) is 31.3 Å². The van der Waals surface area contributed by atoms with E-state index in [1.54, 1.807) is 6.08 Å². The van der Waals surface area contributed by atoms with Gasteiger partial charge in [0.1, 0.15) is 0 Å². The normalized spacial score (nSPS) is 12.6. The van der Waals surface area contributed by atoms with Crippen molar-refractivity contribution in [2.75, 3.05) is 13.2 Å². The Kier molecular flexibility index (Phi) is 65.4. The molecule has 2 unspecified atom stereocenters. The third-order valence-corrected chi connectivity index (χ3v) is 16.5. The summed E-state index contributed by atoms with van der Waals surface area (Å²) in [6.07, 6.45) is 84.3. The Balaban J connectivity index is 3.30. The van der Waals surface area contributed by atoms with Gasteiger partial charge in [0.05, 0.1) is 25.4 Å². The number of aliphatic hydroxyl groups is 2. The molecule has 0 spiro atoms. The minimum Gasteiger partial charge on any atom is -0.466 e. The standard InChI is InChI=1S/C71H137NO5/c1-3-5-7-9-11-13-14-15-16-39-42-45-49-53-57-61-65-71(76)77-66-62-58-54-50-46-43-40-37-35-33-31-29-27-25-23-21-19-17-18-20-22-24-26-28-30-32-34-36-38-41-44-48-52-56-60-64-70(75)72-68(67-73)69(74)63-59-55-51-47-12-10-8-6-4-2/h19,21,59,63,68-69,73-74H,3-18,20,22-58,60-62,64-67H2,1-2H3,(H,72,75)/b21-19-,63-59+. The van der Waals surface area contributed by atoms with Crippen LogP contribution in [0.3, 0.4) is 0 Å². The van der Waals surface area contributed by atoms with Crippen molar-refractivity contribution in [3.8, 4) is 0 Å². The molecule has 0 aromatic rings. The molecule has 0 rings (SSSR count). The summed E-state index contributed by atoms with van der Waals surface area (Å²) in [6, 6.07) is -0.622. The zero-order valence-corrected chi connectivity index (χ0v) is 52.2. The maximum atomic E-state index is 12.4. The molecule has 3 N–H and O–H groups in total. The Labute approximate surface area is 481 Å². The first-order valence-corrected chi connectivity index (χ1v) is 35.1. The first-order valence-electron chi connectivity index (χ1n) is 35.1. The van der Waals surface area contributed by atoms with E-state index in [0.29, 0.717) is 19.4 Å². The van der Waals surface area contributed by atoms with Gasteiger partial charge in [-0.1, -0.05) is 346 Å². The number of hydrogen-bond donors (Lipinski definition) is 3. The van der Waals surface area contributed by atoms with E-state index in [1.807, 2.05) is 6.08 Å². The summed E-state index contributed by atoms with van der Waals surface area (Å²) in [6.45, 7) is 4.91. The van der Waals surface area contributed by atoms with Crippen molar-refractivity contribution in [3.63, 3.8) is 0 Å². The summed E-state index contributed by atoms with van der Waals surface area (Å²) in [5.74, 6) is -0.0417. The molecule has 6 heteroatoms. The molecule has 0 saturated carbocycles. The molecule has 0 heterocycles. The molecule has 0 radical (unpaired) electrons. The highest BCUT2D eigenvalue weighted by molar-refractivity contribution is 5.76. The molecule has 0 aromatic carbocycles. The molecule has 0 aliphatic heterocycles. The minimum absolute atomic E-state index is 0.0239. The van der Waals surface area contributed by atoms with Crippen LogP contribution in [0.2, 0.25) is 0 Å². The van der Waals surface area contributed by atoms with Crippen LogP contribution in [0, 0.1) is 0 Å². The molecule has 0 aromatic heterocycles. The van der Waals surface area contributed by atoms with Crippen LogP contribution in [0.15, 0.2) is 24.3 Å². The fraction of sp³-hybridized carbons (Fsp3) is 0.915. The molecular formula is C71H137NO5. The highest BCUT2D eigenvalue weighted by Crippen LogP contribution is 2.19. The van der Waals surface area contributed by atoms with Crippen LogP contribution in [-0.2, 0) is 14.3 Å². The molecular weight excluding hydrogens is 947 g/mol. The van der Waals surface area contributed by atoms with Gasteiger partial charge in [0.15, 0.2) is 0 Å². The maximum Gasteiger partial charge on any atom is 0.305 e. The third-order valence-electron chi connectivity index (χ3n) is 16.5. The predicted molar refractivity (Wildman–Crippen MR) is 338 cm³/mol. The van der Waals surface area contributed by atoms with Crippen molar-refractivity contribution >= 4 is 11.9 Å². The summed E-state index contributed by atoms with van der Waals surface area (Å²) in [5.41, 5.74) is 0. The lowest BCUT2D eigenvalue weighted by molar-refractivity contribution is -0.143. The Morgan fingerprint density at radius 2 is 0.610 bits per heavy atom. The number of aliphatic hydroxyl groups excluding tert-OH is 2. The summed E-state index contributed by atoms with van der Waals surface area (Å²) < 4.78 is 5.51. The second kappa shape index (κ2) is 66.8. The van der Waals surface area contributed by atoms with Gasteiger partial charge < -0.3 is 20.3 Å². The lowest BCUT2D eigenvalue weighted by atomic mass is 10.0. The van der Waals surface area contributed by atoms with Crippen LogP contribution < -0.4 is 5.32 Å². The van der Waals surface area contributed by atoms with E-state index in [-0.39, 0.29) is 18.5 Å². The van der Waals surface area contributed by atoms with Crippen molar-refractivity contribution in [1.29, 1.82) is 0 Å². The van der Waals surface area contributed by atoms with Crippen molar-refractivity contribution in [2.24, 2.45) is 0 Å². The fourth-order valence-corrected chi connectivity index (χ4v) is 11.1. The summed E-state index contributed by atoms with van der Waals surface area (Å²) in [7, 11) is 0. The number of carbonyl (C=O) groups is 2. The molecule has 1 amide bonds. The number of ether oxygens (including phenoxy) is 1. The van der Waals surface area contributed by atoms with Crippen LogP contribution in [0.25, 0.3) is 0 Å². The van der Waals surface area contributed by atoms with Crippen molar-refractivity contribution in [1.82, 2.24) is 5.32 Å². The van der Waals surface area contributed by atoms with Gasteiger partial charge in [0, 0.05) is 12.8 Å². The zero-order valence-electron chi connectivity index (χ0n) is 52.2. The predicted octanol–water partition coefficient (Wildman–Crippen LogP) is 22.5. The number of hydrogen-bond acceptors (Lipinski definition) is 5. The van der Waals surface area contributed by atoms with Gasteiger partial charge in [-0.25, -0.2) is 0 Å². The van der Waals surface area contributed by atoms with Crippen molar-refractivity contribution in [3.05, 3.63) is 24.3 Å². The number of carbonyl (C=O) groups excluding carboxylic acids is 2. The quantitative estimate of drug-likeness (QED) is 0.0320. The summed E-state index contributed by atoms with van der Waals surface area (Å²) >= 11 is 0. The average molecular weight is 1080 g/mol. The lowest BCUT2D eigenvalue weighted by Crippen LogP contribution is -2.45. The second-order valence-electron chi connectivity index (χ2n) is 24.2. The second-order valence-corrected chi connectivity index (χ2v) is 24.2. The van der Waals surface area contributed by atoms with E-state index < -0.39 is 12.1 Å².